The summed E-state index contributed by atoms with van der Waals surface area (Å²) in [5.74, 6) is -1.52. The lowest BCUT2D eigenvalue weighted by molar-refractivity contribution is -0.144. The van der Waals surface area contributed by atoms with E-state index in [1.807, 2.05) is 0 Å². The summed E-state index contributed by atoms with van der Waals surface area (Å²) in [5.41, 5.74) is 5.02. The van der Waals surface area contributed by atoms with Gasteiger partial charge in [0.25, 0.3) is 0 Å². The summed E-state index contributed by atoms with van der Waals surface area (Å²) in [6, 6.07) is 0. The molecule has 0 bridgehead atoms. The third-order valence-corrected chi connectivity index (χ3v) is 2.23. The van der Waals surface area contributed by atoms with Gasteiger partial charge in [-0.15, -0.1) is 0 Å². The highest BCUT2D eigenvalue weighted by molar-refractivity contribution is 5.76. The molecule has 1 rings (SSSR count). The summed E-state index contributed by atoms with van der Waals surface area (Å²) in [7, 11) is 0. The van der Waals surface area contributed by atoms with Crippen molar-refractivity contribution in [1.29, 1.82) is 0 Å². The van der Waals surface area contributed by atoms with Gasteiger partial charge in [-0.25, -0.2) is 0 Å². The van der Waals surface area contributed by atoms with Crippen molar-refractivity contribution in [2.24, 2.45) is 11.7 Å². The standard InChI is InChI=1S/C8H14N2O3/c9-7(11)5-10-3-1-2-6(4-10)8(12)13/h6H,1-5H2,(H2,9,11)(H,12,13). The Morgan fingerprint density at radius 2 is 2.23 bits per heavy atom. The number of hydrogen-bond acceptors (Lipinski definition) is 3. The first-order valence-electron chi connectivity index (χ1n) is 4.33. The van der Waals surface area contributed by atoms with Gasteiger partial charge in [0, 0.05) is 6.54 Å². The van der Waals surface area contributed by atoms with Crippen LogP contribution >= 0.6 is 0 Å². The van der Waals surface area contributed by atoms with Gasteiger partial charge < -0.3 is 10.8 Å². The molecule has 5 nitrogen and oxygen atoms in total. The number of aliphatic carboxylic acids is 1. The number of carbonyl (C=O) groups is 2. The van der Waals surface area contributed by atoms with Crippen LogP contribution in [0, 0.1) is 5.92 Å². The van der Waals surface area contributed by atoms with Gasteiger partial charge in [0.15, 0.2) is 0 Å². The van der Waals surface area contributed by atoms with Gasteiger partial charge in [-0.3, -0.25) is 14.5 Å². The number of carboxylic acid groups (broad SMARTS) is 1. The molecule has 0 spiro atoms. The van der Waals surface area contributed by atoms with Crippen molar-refractivity contribution in [2.45, 2.75) is 12.8 Å². The minimum Gasteiger partial charge on any atom is -0.481 e. The van der Waals surface area contributed by atoms with Crippen molar-refractivity contribution in [3.63, 3.8) is 0 Å². The van der Waals surface area contributed by atoms with Crippen LogP contribution in [0.4, 0.5) is 0 Å². The molecule has 74 valence electrons. The molecule has 1 aliphatic rings. The SMILES string of the molecule is NC(=O)CN1CCCC(C(=O)O)C1. The average molecular weight is 186 g/mol. The second kappa shape index (κ2) is 4.23. The van der Waals surface area contributed by atoms with Crippen LogP contribution in [-0.2, 0) is 9.59 Å². The van der Waals surface area contributed by atoms with Gasteiger partial charge in [0.05, 0.1) is 12.5 Å². The number of rotatable bonds is 3. The molecule has 0 aromatic heterocycles. The number of nitrogens with zero attached hydrogens (tertiary/aromatic N) is 1. The number of piperidine rings is 1. The number of amides is 1. The van der Waals surface area contributed by atoms with E-state index in [0.717, 1.165) is 13.0 Å². The highest BCUT2D eigenvalue weighted by atomic mass is 16.4. The first-order valence-corrected chi connectivity index (χ1v) is 4.33. The Kier molecular flexibility index (Phi) is 3.25. The predicted molar refractivity (Wildman–Crippen MR) is 46.0 cm³/mol. The van der Waals surface area contributed by atoms with E-state index in [2.05, 4.69) is 0 Å². The van der Waals surface area contributed by atoms with Crippen molar-refractivity contribution < 1.29 is 14.7 Å². The van der Waals surface area contributed by atoms with Crippen LogP contribution in [0.2, 0.25) is 0 Å². The largest absolute Gasteiger partial charge is 0.481 e. The molecule has 1 aliphatic heterocycles. The van der Waals surface area contributed by atoms with Crippen molar-refractivity contribution in [3.8, 4) is 0 Å². The van der Waals surface area contributed by atoms with Crippen LogP contribution in [0.15, 0.2) is 0 Å². The van der Waals surface area contributed by atoms with Crippen LogP contribution in [-0.4, -0.2) is 41.5 Å². The molecule has 1 atom stereocenters. The molecule has 0 saturated carbocycles. The molecule has 13 heavy (non-hydrogen) atoms. The Balaban J connectivity index is 2.41. The van der Waals surface area contributed by atoms with E-state index in [1.165, 1.54) is 0 Å². The normalized spacial score (nSPS) is 24.2. The van der Waals surface area contributed by atoms with E-state index in [9.17, 15) is 9.59 Å². The molecule has 0 aromatic rings. The number of carboxylic acids is 1. The topological polar surface area (TPSA) is 83.6 Å². The van der Waals surface area contributed by atoms with Crippen molar-refractivity contribution in [1.82, 2.24) is 4.90 Å². The molecule has 0 radical (unpaired) electrons. The third kappa shape index (κ3) is 3.02. The van der Waals surface area contributed by atoms with Crippen LogP contribution < -0.4 is 5.73 Å². The fourth-order valence-electron chi connectivity index (χ4n) is 1.62. The Bertz CT molecular complexity index is 217. The lowest BCUT2D eigenvalue weighted by Gasteiger charge is -2.29. The van der Waals surface area contributed by atoms with Gasteiger partial charge in [-0.2, -0.15) is 0 Å². The molecule has 1 heterocycles. The van der Waals surface area contributed by atoms with Crippen LogP contribution in [0.1, 0.15) is 12.8 Å². The minimum absolute atomic E-state index is 0.170. The Hall–Kier alpha value is -1.10. The fraction of sp³-hybridized carbons (Fsp3) is 0.750. The first kappa shape index (κ1) is 9.98. The molecule has 1 fully saturated rings. The zero-order valence-corrected chi connectivity index (χ0v) is 7.40. The molecular formula is C8H14N2O3. The number of primary amides is 1. The number of hydrogen-bond donors (Lipinski definition) is 2. The lowest BCUT2D eigenvalue weighted by atomic mass is 9.98. The van der Waals surface area contributed by atoms with Crippen molar-refractivity contribution >= 4 is 11.9 Å². The molecular weight excluding hydrogens is 172 g/mol. The Morgan fingerprint density at radius 1 is 1.54 bits per heavy atom. The van der Waals surface area contributed by atoms with Gasteiger partial charge in [-0.05, 0) is 19.4 Å². The first-order chi connectivity index (χ1) is 6.09. The maximum Gasteiger partial charge on any atom is 0.307 e. The molecule has 1 amide bonds. The number of likely N-dealkylation sites (tertiary alicyclic amines) is 1. The highest BCUT2D eigenvalue weighted by Crippen LogP contribution is 2.15. The summed E-state index contributed by atoms with van der Waals surface area (Å²) in [4.78, 5) is 23.0. The maximum absolute atomic E-state index is 10.6. The van der Waals surface area contributed by atoms with Gasteiger partial charge in [-0.1, -0.05) is 0 Å². The summed E-state index contributed by atoms with van der Waals surface area (Å²) in [5, 5.41) is 8.75. The average Bonchev–Trinajstić information content (AvgIpc) is 2.03. The van der Waals surface area contributed by atoms with E-state index in [0.29, 0.717) is 13.0 Å². The van der Waals surface area contributed by atoms with E-state index >= 15 is 0 Å². The second-order valence-electron chi connectivity index (χ2n) is 3.38. The smallest absolute Gasteiger partial charge is 0.307 e. The summed E-state index contributed by atoms with van der Waals surface area (Å²) in [6.45, 7) is 1.38. The number of carbonyl (C=O) groups excluding carboxylic acids is 1. The second-order valence-corrected chi connectivity index (χ2v) is 3.38. The van der Waals surface area contributed by atoms with Crippen LogP contribution in [0.5, 0.6) is 0 Å². The zero-order valence-electron chi connectivity index (χ0n) is 7.40. The monoisotopic (exact) mass is 186 g/mol. The molecule has 0 aliphatic carbocycles. The molecule has 3 N–H and O–H groups in total. The van der Waals surface area contributed by atoms with E-state index in [-0.39, 0.29) is 12.5 Å². The number of nitrogens with two attached hydrogens (primary N) is 1. The lowest BCUT2D eigenvalue weighted by Crippen LogP contribution is -2.42. The quantitative estimate of drug-likeness (QED) is 0.608. The van der Waals surface area contributed by atoms with Crippen LogP contribution in [0.25, 0.3) is 0 Å². The zero-order chi connectivity index (χ0) is 9.84. The minimum atomic E-state index is -0.783. The van der Waals surface area contributed by atoms with E-state index in [1.54, 1.807) is 4.90 Å². The summed E-state index contributed by atoms with van der Waals surface area (Å²) < 4.78 is 0. The summed E-state index contributed by atoms with van der Waals surface area (Å²) >= 11 is 0. The summed E-state index contributed by atoms with van der Waals surface area (Å²) in [6.07, 6.45) is 1.52. The predicted octanol–water partition coefficient (Wildman–Crippen LogP) is -0.732. The van der Waals surface area contributed by atoms with Crippen molar-refractivity contribution in [2.75, 3.05) is 19.6 Å². The van der Waals surface area contributed by atoms with Gasteiger partial charge in [0.1, 0.15) is 0 Å². The van der Waals surface area contributed by atoms with E-state index in [4.69, 9.17) is 10.8 Å². The van der Waals surface area contributed by atoms with Gasteiger partial charge >= 0.3 is 5.97 Å². The van der Waals surface area contributed by atoms with Crippen molar-refractivity contribution in [3.05, 3.63) is 0 Å². The van der Waals surface area contributed by atoms with Crippen LogP contribution in [0.3, 0.4) is 0 Å². The van der Waals surface area contributed by atoms with E-state index < -0.39 is 11.9 Å². The highest BCUT2D eigenvalue weighted by Gasteiger charge is 2.25. The molecule has 0 aromatic carbocycles. The Labute approximate surface area is 76.5 Å². The molecule has 1 saturated heterocycles. The fourth-order valence-corrected chi connectivity index (χ4v) is 1.62. The third-order valence-electron chi connectivity index (χ3n) is 2.23. The molecule has 5 heteroatoms. The molecule has 1 unspecified atom stereocenters. The maximum atomic E-state index is 10.6. The Morgan fingerprint density at radius 3 is 2.77 bits per heavy atom. The van der Waals surface area contributed by atoms with Gasteiger partial charge in [0.2, 0.25) is 5.91 Å².